The van der Waals surface area contributed by atoms with Gasteiger partial charge in [-0.15, -0.1) is 23.5 Å². The number of thioether (sulfide) groups is 2. The van der Waals surface area contributed by atoms with Crippen molar-refractivity contribution in [3.8, 4) is 0 Å². The van der Waals surface area contributed by atoms with E-state index in [9.17, 15) is 0 Å². The standard InChI is InChI=1S/C12H18S2Si/c1-15(2,3)12(13-9-10-14-12)11-7-5-4-6-8-11/h4-8H,9-10H2,1-3H3. The lowest BCUT2D eigenvalue weighted by atomic mass is 10.2. The van der Waals surface area contributed by atoms with Crippen molar-refractivity contribution in [2.45, 2.75) is 23.3 Å². The van der Waals surface area contributed by atoms with Crippen LogP contribution in [0, 0.1) is 0 Å². The number of hydrogen-bond donors (Lipinski definition) is 0. The first kappa shape index (κ1) is 11.6. The van der Waals surface area contributed by atoms with Crippen LogP contribution >= 0.6 is 23.5 Å². The zero-order chi connectivity index (χ0) is 10.9. The van der Waals surface area contributed by atoms with Gasteiger partial charge in [0, 0.05) is 11.5 Å². The largest absolute Gasteiger partial charge is 0.142 e. The minimum absolute atomic E-state index is 0.397. The predicted molar refractivity (Wildman–Crippen MR) is 76.4 cm³/mol. The minimum atomic E-state index is -1.19. The van der Waals surface area contributed by atoms with Crippen LogP contribution in [0.3, 0.4) is 0 Å². The van der Waals surface area contributed by atoms with Crippen LogP contribution in [0.2, 0.25) is 19.6 Å². The smallest absolute Gasteiger partial charge is 0.0808 e. The van der Waals surface area contributed by atoms with Crippen molar-refractivity contribution in [3.63, 3.8) is 0 Å². The van der Waals surface area contributed by atoms with Crippen molar-refractivity contribution in [3.05, 3.63) is 35.9 Å². The maximum atomic E-state index is 2.49. The molecule has 1 heterocycles. The molecule has 0 atom stereocenters. The molecule has 0 unspecified atom stereocenters. The fraction of sp³-hybridized carbons (Fsp3) is 0.500. The van der Waals surface area contributed by atoms with E-state index in [4.69, 9.17) is 0 Å². The molecule has 0 spiro atoms. The van der Waals surface area contributed by atoms with Crippen molar-refractivity contribution in [2.24, 2.45) is 0 Å². The molecule has 82 valence electrons. The van der Waals surface area contributed by atoms with Crippen molar-refractivity contribution in [2.75, 3.05) is 11.5 Å². The van der Waals surface area contributed by atoms with Crippen LogP contribution in [0.1, 0.15) is 5.56 Å². The predicted octanol–water partition coefficient (Wildman–Crippen LogP) is 4.20. The molecule has 3 heteroatoms. The average Bonchev–Trinajstić information content (AvgIpc) is 2.68. The molecule has 0 amide bonds. The molecule has 0 aliphatic carbocycles. The molecule has 1 aliphatic rings. The fourth-order valence-corrected chi connectivity index (χ4v) is 9.89. The van der Waals surface area contributed by atoms with Gasteiger partial charge in [-0.25, -0.2) is 0 Å². The molecule has 0 bridgehead atoms. The summed E-state index contributed by atoms with van der Waals surface area (Å²) in [6, 6.07) is 11.1. The molecular weight excluding hydrogens is 236 g/mol. The minimum Gasteiger partial charge on any atom is -0.142 e. The van der Waals surface area contributed by atoms with E-state index in [2.05, 4.69) is 73.5 Å². The summed E-state index contributed by atoms with van der Waals surface area (Å²) in [6.07, 6.45) is 0. The second kappa shape index (κ2) is 4.19. The topological polar surface area (TPSA) is 0 Å². The molecule has 1 fully saturated rings. The Morgan fingerprint density at radius 1 is 1.00 bits per heavy atom. The lowest BCUT2D eigenvalue weighted by molar-refractivity contribution is 1.20. The van der Waals surface area contributed by atoms with Crippen LogP contribution in [0.4, 0.5) is 0 Å². The van der Waals surface area contributed by atoms with Gasteiger partial charge in [0.25, 0.3) is 0 Å². The van der Waals surface area contributed by atoms with Crippen LogP contribution in [0.25, 0.3) is 0 Å². The highest BCUT2D eigenvalue weighted by atomic mass is 32.2. The van der Waals surface area contributed by atoms with E-state index >= 15 is 0 Å². The molecule has 0 saturated carbocycles. The van der Waals surface area contributed by atoms with Gasteiger partial charge in [0.1, 0.15) is 0 Å². The van der Waals surface area contributed by atoms with Gasteiger partial charge in [0.05, 0.1) is 11.8 Å². The zero-order valence-electron chi connectivity index (χ0n) is 9.62. The van der Waals surface area contributed by atoms with Gasteiger partial charge in [0.2, 0.25) is 0 Å². The number of benzene rings is 1. The Bertz CT molecular complexity index is 323. The molecule has 0 nitrogen and oxygen atoms in total. The first-order chi connectivity index (χ1) is 7.06. The molecule has 0 radical (unpaired) electrons. The van der Waals surface area contributed by atoms with Gasteiger partial charge in [-0.2, -0.15) is 0 Å². The molecule has 2 rings (SSSR count). The van der Waals surface area contributed by atoms with E-state index in [1.54, 1.807) is 0 Å². The molecule has 15 heavy (non-hydrogen) atoms. The summed E-state index contributed by atoms with van der Waals surface area (Å²) >= 11 is 4.35. The van der Waals surface area contributed by atoms with Crippen LogP contribution in [0.5, 0.6) is 0 Å². The molecular formula is C12H18S2Si. The Morgan fingerprint density at radius 3 is 2.00 bits per heavy atom. The van der Waals surface area contributed by atoms with Crippen LogP contribution < -0.4 is 0 Å². The van der Waals surface area contributed by atoms with Gasteiger partial charge < -0.3 is 0 Å². The molecule has 1 saturated heterocycles. The van der Waals surface area contributed by atoms with Gasteiger partial charge in [-0.05, 0) is 5.56 Å². The quantitative estimate of drug-likeness (QED) is 0.726. The second-order valence-corrected chi connectivity index (χ2v) is 13.8. The lowest BCUT2D eigenvalue weighted by Gasteiger charge is -2.39. The normalized spacial score (nSPS) is 20.5. The zero-order valence-corrected chi connectivity index (χ0v) is 12.3. The molecule has 0 N–H and O–H groups in total. The third-order valence-corrected chi connectivity index (χ3v) is 12.7. The van der Waals surface area contributed by atoms with E-state index in [0.717, 1.165) is 0 Å². The Kier molecular flexibility index (Phi) is 3.24. The monoisotopic (exact) mass is 254 g/mol. The summed E-state index contributed by atoms with van der Waals surface area (Å²) in [5.41, 5.74) is 1.54. The van der Waals surface area contributed by atoms with Crippen molar-refractivity contribution in [1.82, 2.24) is 0 Å². The van der Waals surface area contributed by atoms with E-state index in [1.165, 1.54) is 17.1 Å². The Morgan fingerprint density at radius 2 is 1.53 bits per heavy atom. The maximum Gasteiger partial charge on any atom is 0.0808 e. The van der Waals surface area contributed by atoms with E-state index < -0.39 is 8.07 Å². The van der Waals surface area contributed by atoms with Crippen LogP contribution in [0.15, 0.2) is 30.3 Å². The Hall–Kier alpha value is 0.137. The SMILES string of the molecule is C[Si](C)(C)C1(c2ccccc2)SCCS1. The summed E-state index contributed by atoms with van der Waals surface area (Å²) in [5, 5.41) is 0. The van der Waals surface area contributed by atoms with E-state index in [-0.39, 0.29) is 0 Å². The van der Waals surface area contributed by atoms with E-state index in [0.29, 0.717) is 3.70 Å². The fourth-order valence-electron chi connectivity index (χ4n) is 2.10. The molecule has 1 aromatic rings. The van der Waals surface area contributed by atoms with Gasteiger partial charge >= 0.3 is 0 Å². The Balaban J connectivity index is 2.44. The van der Waals surface area contributed by atoms with E-state index in [1.807, 2.05) is 0 Å². The number of hydrogen-bond acceptors (Lipinski definition) is 2. The third kappa shape index (κ3) is 2.02. The molecule has 1 aliphatic heterocycles. The van der Waals surface area contributed by atoms with Crippen LogP contribution in [-0.4, -0.2) is 19.6 Å². The lowest BCUT2D eigenvalue weighted by Crippen LogP contribution is -2.42. The Labute approximate surface area is 102 Å². The van der Waals surface area contributed by atoms with Gasteiger partial charge in [-0.3, -0.25) is 0 Å². The molecule has 1 aromatic carbocycles. The first-order valence-corrected chi connectivity index (χ1v) is 10.9. The van der Waals surface area contributed by atoms with Gasteiger partial charge in [-0.1, -0.05) is 50.0 Å². The summed E-state index contributed by atoms with van der Waals surface area (Å²) in [7, 11) is -1.19. The maximum absolute atomic E-state index is 2.49. The van der Waals surface area contributed by atoms with Gasteiger partial charge in [0.15, 0.2) is 0 Å². The summed E-state index contributed by atoms with van der Waals surface area (Å²) < 4.78 is 0.397. The molecule has 0 aromatic heterocycles. The highest BCUT2D eigenvalue weighted by Crippen LogP contribution is 2.57. The third-order valence-electron chi connectivity index (χ3n) is 2.84. The highest BCUT2D eigenvalue weighted by molar-refractivity contribution is 8.23. The summed E-state index contributed by atoms with van der Waals surface area (Å²) in [5.74, 6) is 2.62. The van der Waals surface area contributed by atoms with Crippen molar-refractivity contribution < 1.29 is 0 Å². The van der Waals surface area contributed by atoms with Crippen LogP contribution in [-0.2, 0) is 3.70 Å². The number of rotatable bonds is 2. The first-order valence-electron chi connectivity index (χ1n) is 5.40. The summed E-state index contributed by atoms with van der Waals surface area (Å²) in [6.45, 7) is 7.47. The van der Waals surface area contributed by atoms with Crippen molar-refractivity contribution >= 4 is 31.6 Å². The summed E-state index contributed by atoms with van der Waals surface area (Å²) in [4.78, 5) is 0. The second-order valence-electron chi connectivity index (χ2n) is 4.93. The highest BCUT2D eigenvalue weighted by Gasteiger charge is 2.48. The average molecular weight is 254 g/mol. The van der Waals surface area contributed by atoms with Crippen molar-refractivity contribution in [1.29, 1.82) is 0 Å².